The molecular formula is C18H22FN3O5. The lowest BCUT2D eigenvalue weighted by Crippen LogP contribution is -2.42. The number of nitriles is 1. The van der Waals surface area contributed by atoms with Gasteiger partial charge in [-0.25, -0.2) is 9.18 Å². The summed E-state index contributed by atoms with van der Waals surface area (Å²) in [5.74, 6) is -2.87. The molecular weight excluding hydrogens is 357 g/mol. The van der Waals surface area contributed by atoms with Gasteiger partial charge in [0, 0.05) is 12.1 Å². The average molecular weight is 379 g/mol. The van der Waals surface area contributed by atoms with Gasteiger partial charge in [0.15, 0.2) is 0 Å². The van der Waals surface area contributed by atoms with Gasteiger partial charge in [0.25, 0.3) is 5.91 Å². The van der Waals surface area contributed by atoms with E-state index in [9.17, 15) is 18.8 Å². The van der Waals surface area contributed by atoms with E-state index in [2.05, 4.69) is 10.6 Å². The lowest BCUT2D eigenvalue weighted by molar-refractivity contribution is -0.146. The normalized spacial score (nSPS) is 11.0. The molecule has 0 aromatic heterocycles. The number of hydrogen-bond acceptors (Lipinski definition) is 7. The summed E-state index contributed by atoms with van der Waals surface area (Å²) in [7, 11) is 0. The van der Waals surface area contributed by atoms with Crippen LogP contribution in [0.25, 0.3) is 0 Å². The number of nitrogens with zero attached hydrogens (tertiary/aromatic N) is 1. The van der Waals surface area contributed by atoms with Gasteiger partial charge in [0.05, 0.1) is 24.8 Å². The monoisotopic (exact) mass is 379 g/mol. The number of ether oxygens (including phenoxy) is 2. The van der Waals surface area contributed by atoms with Crippen LogP contribution >= 0.6 is 0 Å². The minimum absolute atomic E-state index is 0.0101. The Labute approximate surface area is 156 Å². The summed E-state index contributed by atoms with van der Waals surface area (Å²) in [6.07, 6.45) is -0.135. The van der Waals surface area contributed by atoms with E-state index in [1.807, 2.05) is 6.07 Å². The fourth-order valence-corrected chi connectivity index (χ4v) is 2.17. The van der Waals surface area contributed by atoms with Crippen LogP contribution in [0.15, 0.2) is 18.2 Å². The van der Waals surface area contributed by atoms with Crippen LogP contribution in [0.5, 0.6) is 0 Å². The van der Waals surface area contributed by atoms with Gasteiger partial charge >= 0.3 is 11.9 Å². The van der Waals surface area contributed by atoms with Crippen molar-refractivity contribution in [2.75, 3.05) is 25.1 Å². The van der Waals surface area contributed by atoms with Crippen molar-refractivity contribution in [3.8, 4) is 6.07 Å². The van der Waals surface area contributed by atoms with E-state index in [4.69, 9.17) is 14.7 Å². The number of amides is 1. The van der Waals surface area contributed by atoms with E-state index in [0.29, 0.717) is 5.69 Å². The number of nitrogens with one attached hydrogen (secondary N) is 2. The molecule has 0 aliphatic rings. The first-order valence-electron chi connectivity index (χ1n) is 8.46. The van der Waals surface area contributed by atoms with Crippen LogP contribution < -0.4 is 10.6 Å². The van der Waals surface area contributed by atoms with Crippen LogP contribution in [0.4, 0.5) is 10.1 Å². The van der Waals surface area contributed by atoms with Gasteiger partial charge in [-0.1, -0.05) is 0 Å². The van der Waals surface area contributed by atoms with E-state index >= 15 is 0 Å². The highest BCUT2D eigenvalue weighted by molar-refractivity contribution is 5.97. The molecule has 0 radical (unpaired) electrons. The van der Waals surface area contributed by atoms with Crippen molar-refractivity contribution in [1.82, 2.24) is 5.32 Å². The predicted molar refractivity (Wildman–Crippen MR) is 94.3 cm³/mol. The number of halogens is 1. The third-order valence-electron chi connectivity index (χ3n) is 3.40. The second kappa shape index (κ2) is 11.5. The van der Waals surface area contributed by atoms with Gasteiger partial charge < -0.3 is 20.1 Å². The number of esters is 2. The van der Waals surface area contributed by atoms with Crippen molar-refractivity contribution in [1.29, 1.82) is 5.26 Å². The lowest BCUT2D eigenvalue weighted by Gasteiger charge is -2.17. The highest BCUT2D eigenvalue weighted by atomic mass is 19.1. The van der Waals surface area contributed by atoms with Crippen LogP contribution in [0.2, 0.25) is 0 Å². The highest BCUT2D eigenvalue weighted by Gasteiger charge is 2.25. The van der Waals surface area contributed by atoms with Crippen molar-refractivity contribution in [2.24, 2.45) is 0 Å². The second-order valence-corrected chi connectivity index (χ2v) is 5.33. The molecule has 1 aromatic rings. The molecule has 1 aromatic carbocycles. The Morgan fingerprint density at radius 3 is 2.52 bits per heavy atom. The summed E-state index contributed by atoms with van der Waals surface area (Å²) in [4.78, 5) is 35.8. The van der Waals surface area contributed by atoms with Crippen molar-refractivity contribution in [3.05, 3.63) is 29.6 Å². The zero-order chi connectivity index (χ0) is 20.2. The van der Waals surface area contributed by atoms with Crippen LogP contribution in [0, 0.1) is 17.1 Å². The Morgan fingerprint density at radius 1 is 1.22 bits per heavy atom. The van der Waals surface area contributed by atoms with Crippen LogP contribution in [0.1, 0.15) is 37.0 Å². The Kier molecular flexibility index (Phi) is 9.29. The number of rotatable bonds is 10. The fraction of sp³-hybridized carbons (Fsp3) is 0.444. The lowest BCUT2D eigenvalue weighted by atomic mass is 10.1. The molecule has 27 heavy (non-hydrogen) atoms. The Balaban J connectivity index is 2.84. The SMILES string of the molecule is CCOC(=O)CC[C@H](NC(=O)c1ccc(NCC#N)cc1F)C(=O)OCC. The molecule has 0 spiro atoms. The molecule has 0 aliphatic heterocycles. The smallest absolute Gasteiger partial charge is 0.328 e. The minimum atomic E-state index is -1.11. The van der Waals surface area contributed by atoms with Gasteiger partial charge in [0.2, 0.25) is 0 Å². The zero-order valence-corrected chi connectivity index (χ0v) is 15.2. The second-order valence-electron chi connectivity index (χ2n) is 5.33. The van der Waals surface area contributed by atoms with E-state index in [1.165, 1.54) is 12.1 Å². The molecule has 0 saturated carbocycles. The molecule has 1 atom stereocenters. The summed E-state index contributed by atoms with van der Waals surface area (Å²) < 4.78 is 23.8. The Hall–Kier alpha value is -3.15. The van der Waals surface area contributed by atoms with Crippen molar-refractivity contribution < 1.29 is 28.2 Å². The maximum absolute atomic E-state index is 14.2. The zero-order valence-electron chi connectivity index (χ0n) is 15.2. The molecule has 1 amide bonds. The third kappa shape index (κ3) is 7.32. The van der Waals surface area contributed by atoms with Crippen LogP contribution in [-0.4, -0.2) is 43.6 Å². The maximum atomic E-state index is 14.2. The molecule has 0 aliphatic carbocycles. The number of hydrogen-bond donors (Lipinski definition) is 2. The third-order valence-corrected chi connectivity index (χ3v) is 3.40. The molecule has 0 bridgehead atoms. The molecule has 2 N–H and O–H groups in total. The average Bonchev–Trinajstić information content (AvgIpc) is 2.63. The largest absolute Gasteiger partial charge is 0.466 e. The number of benzene rings is 1. The first-order valence-corrected chi connectivity index (χ1v) is 8.46. The van der Waals surface area contributed by atoms with Gasteiger partial charge in [-0.15, -0.1) is 0 Å². The van der Waals surface area contributed by atoms with Gasteiger partial charge in [-0.3, -0.25) is 9.59 Å². The van der Waals surface area contributed by atoms with Crippen LogP contribution in [-0.2, 0) is 19.1 Å². The van der Waals surface area contributed by atoms with Crippen molar-refractivity contribution in [2.45, 2.75) is 32.7 Å². The summed E-state index contributed by atoms with van der Waals surface area (Å²) in [6.45, 7) is 3.55. The van der Waals surface area contributed by atoms with Gasteiger partial charge in [-0.05, 0) is 38.5 Å². The molecule has 1 rings (SSSR count). The summed E-state index contributed by atoms with van der Waals surface area (Å²) >= 11 is 0. The maximum Gasteiger partial charge on any atom is 0.328 e. The molecule has 0 unspecified atom stereocenters. The number of carbonyl (C=O) groups excluding carboxylic acids is 3. The van der Waals surface area contributed by atoms with Gasteiger partial charge in [0.1, 0.15) is 18.4 Å². The Bertz CT molecular complexity index is 717. The van der Waals surface area contributed by atoms with Crippen molar-refractivity contribution >= 4 is 23.5 Å². The van der Waals surface area contributed by atoms with E-state index in [0.717, 1.165) is 6.07 Å². The molecule has 0 saturated heterocycles. The first kappa shape index (κ1) is 21.9. The molecule has 0 fully saturated rings. The van der Waals surface area contributed by atoms with Crippen molar-refractivity contribution in [3.63, 3.8) is 0 Å². The summed E-state index contributed by atoms with van der Waals surface area (Å²) in [6, 6.07) is 4.49. The Morgan fingerprint density at radius 2 is 1.93 bits per heavy atom. The minimum Gasteiger partial charge on any atom is -0.466 e. The topological polar surface area (TPSA) is 118 Å². The predicted octanol–water partition coefficient (Wildman–Crippen LogP) is 1.77. The summed E-state index contributed by atoms with van der Waals surface area (Å²) in [5, 5.41) is 13.6. The van der Waals surface area contributed by atoms with Gasteiger partial charge in [-0.2, -0.15) is 5.26 Å². The van der Waals surface area contributed by atoms with E-state index < -0.39 is 29.7 Å². The van der Waals surface area contributed by atoms with E-state index in [1.54, 1.807) is 13.8 Å². The van der Waals surface area contributed by atoms with Crippen LogP contribution in [0.3, 0.4) is 0 Å². The summed E-state index contributed by atoms with van der Waals surface area (Å²) in [5.41, 5.74) is 0.0674. The van der Waals surface area contributed by atoms with E-state index in [-0.39, 0.29) is 38.2 Å². The molecule has 9 heteroatoms. The number of carbonyl (C=O) groups is 3. The first-order chi connectivity index (χ1) is 12.9. The fourth-order valence-electron chi connectivity index (χ4n) is 2.17. The highest BCUT2D eigenvalue weighted by Crippen LogP contribution is 2.15. The quantitative estimate of drug-likeness (QED) is 0.470. The number of anilines is 1. The molecule has 8 nitrogen and oxygen atoms in total. The standard InChI is InChI=1S/C18H22FN3O5/c1-3-26-16(23)8-7-15(18(25)27-4-2)22-17(24)13-6-5-12(11-14(13)19)21-10-9-20/h5-6,11,15,21H,3-4,7-8,10H2,1-2H3,(H,22,24)/t15-/m0/s1. The molecule has 0 heterocycles. The molecule has 146 valence electrons.